The summed E-state index contributed by atoms with van der Waals surface area (Å²) in [4.78, 5) is 15.4. The van der Waals surface area contributed by atoms with Gasteiger partial charge in [0.25, 0.3) is 0 Å². The Bertz CT molecular complexity index is 1620. The third-order valence-electron chi connectivity index (χ3n) is 7.83. The molecule has 232 valence electrons. The highest BCUT2D eigenvalue weighted by molar-refractivity contribution is 7.88. The summed E-state index contributed by atoms with van der Waals surface area (Å²) in [6.45, 7) is 5.92. The summed E-state index contributed by atoms with van der Waals surface area (Å²) in [5.41, 5.74) is 6.71. The second-order valence-corrected chi connectivity index (χ2v) is 13.5. The van der Waals surface area contributed by atoms with E-state index in [-0.39, 0.29) is 35.7 Å². The van der Waals surface area contributed by atoms with E-state index in [0.29, 0.717) is 49.0 Å². The molecule has 0 radical (unpaired) electrons. The topological polar surface area (TPSA) is 120 Å². The number of unbranched alkanes of at least 4 members (excludes halogenated alkanes) is 1. The number of nitrogens with two attached hydrogens (primary N) is 1. The van der Waals surface area contributed by atoms with Crippen molar-refractivity contribution in [2.24, 2.45) is 5.41 Å². The minimum atomic E-state index is -3.66. The molecule has 2 heterocycles. The normalized spacial score (nSPS) is 16.7. The summed E-state index contributed by atoms with van der Waals surface area (Å²) in [6, 6.07) is 7.80. The molecule has 0 unspecified atom stereocenters. The van der Waals surface area contributed by atoms with Crippen molar-refractivity contribution in [1.29, 1.82) is 0 Å². The Morgan fingerprint density at radius 2 is 1.72 bits per heavy atom. The lowest BCUT2D eigenvalue weighted by atomic mass is 10.2. The molecule has 1 aliphatic heterocycles. The Kier molecular flexibility index (Phi) is 8.93. The molecule has 2 N–H and O–H groups in total. The van der Waals surface area contributed by atoms with E-state index in [1.165, 1.54) is 10.5 Å². The zero-order valence-corrected chi connectivity index (χ0v) is 25.2. The third kappa shape index (κ3) is 7.27. The highest BCUT2D eigenvalue weighted by Crippen LogP contribution is 2.45. The van der Waals surface area contributed by atoms with Crippen LogP contribution >= 0.6 is 0 Å². The standard InChI is InChI=1S/C30H37F2N5O5S/c1-3-4-13-41-27-6-5-21(14-25(27)33)19-43(39,40)36-11-9-35(10-12-36)26-18-34-37(24-16-22(31)15-23(32)17-24)29(38)28(26)42-20-30(2)7-8-30/h5-6,14-18H,3-4,7-13,19-20,33H2,1-2H3. The number of rotatable bonds is 12. The molecule has 0 amide bonds. The molecule has 3 aromatic rings. The lowest BCUT2D eigenvalue weighted by Gasteiger charge is -2.35. The number of ether oxygens (including phenoxy) is 2. The van der Waals surface area contributed by atoms with E-state index in [2.05, 4.69) is 18.9 Å². The zero-order valence-electron chi connectivity index (χ0n) is 24.4. The summed E-state index contributed by atoms with van der Waals surface area (Å²) in [5, 5.41) is 4.18. The van der Waals surface area contributed by atoms with Gasteiger partial charge in [-0.05, 0) is 49.1 Å². The molecule has 1 saturated carbocycles. The number of hydrogen-bond donors (Lipinski definition) is 1. The molecular formula is C30H37F2N5O5S. The molecule has 1 aliphatic carbocycles. The van der Waals surface area contributed by atoms with Crippen molar-refractivity contribution in [3.05, 3.63) is 70.1 Å². The lowest BCUT2D eigenvalue weighted by molar-refractivity contribution is 0.242. The van der Waals surface area contributed by atoms with Gasteiger partial charge < -0.3 is 20.1 Å². The van der Waals surface area contributed by atoms with Crippen molar-refractivity contribution in [2.75, 3.05) is 50.0 Å². The number of halogens is 2. The maximum absolute atomic E-state index is 13.9. The molecule has 2 aliphatic rings. The summed E-state index contributed by atoms with van der Waals surface area (Å²) in [5.74, 6) is -1.33. The number of anilines is 2. The highest BCUT2D eigenvalue weighted by atomic mass is 32.2. The Labute approximate surface area is 250 Å². The van der Waals surface area contributed by atoms with Gasteiger partial charge in [0.1, 0.15) is 23.1 Å². The molecule has 0 bridgehead atoms. The molecule has 10 nitrogen and oxygen atoms in total. The molecule has 0 spiro atoms. The van der Waals surface area contributed by atoms with Gasteiger partial charge in [-0.2, -0.15) is 14.1 Å². The largest absolute Gasteiger partial charge is 0.491 e. The molecule has 13 heteroatoms. The molecule has 5 rings (SSSR count). The van der Waals surface area contributed by atoms with Gasteiger partial charge in [-0.25, -0.2) is 17.2 Å². The van der Waals surface area contributed by atoms with Gasteiger partial charge in [-0.1, -0.05) is 26.3 Å². The molecule has 0 atom stereocenters. The van der Waals surface area contributed by atoms with Crippen LogP contribution in [-0.4, -0.2) is 61.9 Å². The molecule has 1 aromatic heterocycles. The number of nitrogen functional groups attached to an aromatic ring is 1. The number of nitrogens with zero attached hydrogens (tertiary/aromatic N) is 4. The van der Waals surface area contributed by atoms with E-state index in [9.17, 15) is 22.0 Å². The van der Waals surface area contributed by atoms with Crippen LogP contribution in [-0.2, 0) is 15.8 Å². The van der Waals surface area contributed by atoms with E-state index in [1.807, 2.05) is 4.90 Å². The van der Waals surface area contributed by atoms with E-state index < -0.39 is 27.2 Å². The van der Waals surface area contributed by atoms with Crippen LogP contribution < -0.4 is 25.7 Å². The minimum absolute atomic E-state index is 0.0147. The average Bonchev–Trinajstić information content (AvgIpc) is 3.70. The molecular weight excluding hydrogens is 580 g/mol. The quantitative estimate of drug-likeness (QED) is 0.238. The van der Waals surface area contributed by atoms with Crippen LogP contribution in [0.5, 0.6) is 11.5 Å². The first-order valence-electron chi connectivity index (χ1n) is 14.4. The summed E-state index contributed by atoms with van der Waals surface area (Å²) < 4.78 is 68.4. The van der Waals surface area contributed by atoms with Crippen LogP contribution in [0.1, 0.15) is 45.1 Å². The van der Waals surface area contributed by atoms with Crippen LogP contribution in [0.3, 0.4) is 0 Å². The van der Waals surface area contributed by atoms with Gasteiger partial charge in [-0.3, -0.25) is 4.79 Å². The van der Waals surface area contributed by atoms with Crippen molar-refractivity contribution in [3.8, 4) is 17.2 Å². The van der Waals surface area contributed by atoms with Gasteiger partial charge >= 0.3 is 5.56 Å². The Balaban J connectivity index is 1.31. The first-order valence-corrected chi connectivity index (χ1v) is 16.0. The summed E-state index contributed by atoms with van der Waals surface area (Å²) in [6.07, 6.45) is 5.25. The van der Waals surface area contributed by atoms with Crippen molar-refractivity contribution < 1.29 is 26.7 Å². The van der Waals surface area contributed by atoms with Gasteiger partial charge in [0.2, 0.25) is 15.8 Å². The van der Waals surface area contributed by atoms with Crippen molar-refractivity contribution in [2.45, 2.75) is 45.3 Å². The number of piperazine rings is 1. The van der Waals surface area contributed by atoms with Gasteiger partial charge in [0.15, 0.2) is 0 Å². The van der Waals surface area contributed by atoms with E-state index in [0.717, 1.165) is 48.6 Å². The second-order valence-electron chi connectivity index (χ2n) is 11.5. The third-order valence-corrected chi connectivity index (χ3v) is 9.68. The van der Waals surface area contributed by atoms with Crippen LogP contribution in [0.15, 0.2) is 47.4 Å². The fourth-order valence-corrected chi connectivity index (χ4v) is 6.40. The first-order chi connectivity index (χ1) is 20.5. The van der Waals surface area contributed by atoms with Crippen molar-refractivity contribution >= 4 is 21.4 Å². The van der Waals surface area contributed by atoms with Crippen LogP contribution in [0.25, 0.3) is 5.69 Å². The predicted octanol–water partition coefficient (Wildman–Crippen LogP) is 4.10. The summed E-state index contributed by atoms with van der Waals surface area (Å²) >= 11 is 0. The number of benzene rings is 2. The van der Waals surface area contributed by atoms with Gasteiger partial charge in [0.05, 0.1) is 36.5 Å². The smallest absolute Gasteiger partial charge is 0.316 e. The first kappa shape index (κ1) is 30.7. The summed E-state index contributed by atoms with van der Waals surface area (Å²) in [7, 11) is -3.66. The average molecular weight is 618 g/mol. The van der Waals surface area contributed by atoms with Crippen molar-refractivity contribution in [1.82, 2.24) is 14.1 Å². The van der Waals surface area contributed by atoms with Crippen LogP contribution in [0.2, 0.25) is 0 Å². The Morgan fingerprint density at radius 3 is 2.35 bits per heavy atom. The van der Waals surface area contributed by atoms with Gasteiger partial charge in [-0.15, -0.1) is 0 Å². The van der Waals surface area contributed by atoms with Crippen molar-refractivity contribution in [3.63, 3.8) is 0 Å². The minimum Gasteiger partial charge on any atom is -0.491 e. The molecule has 2 fully saturated rings. The molecule has 1 saturated heterocycles. The maximum Gasteiger partial charge on any atom is 0.316 e. The van der Waals surface area contributed by atoms with E-state index in [4.69, 9.17) is 15.2 Å². The monoisotopic (exact) mass is 617 g/mol. The lowest BCUT2D eigenvalue weighted by Crippen LogP contribution is -2.49. The number of sulfonamides is 1. The number of aromatic nitrogens is 2. The fraction of sp³-hybridized carbons (Fsp3) is 0.467. The predicted molar refractivity (Wildman–Crippen MR) is 160 cm³/mol. The SMILES string of the molecule is CCCCOc1ccc(CS(=O)(=O)N2CCN(c3cnn(-c4cc(F)cc(F)c4)c(=O)c3OCC3(C)CC3)CC2)cc1N. The van der Waals surface area contributed by atoms with E-state index >= 15 is 0 Å². The molecule has 43 heavy (non-hydrogen) atoms. The Morgan fingerprint density at radius 1 is 1.02 bits per heavy atom. The molecule has 2 aromatic carbocycles. The number of hydrogen-bond acceptors (Lipinski definition) is 8. The second kappa shape index (κ2) is 12.5. The van der Waals surface area contributed by atoms with Gasteiger partial charge in [0, 0.05) is 37.7 Å². The van der Waals surface area contributed by atoms with E-state index in [1.54, 1.807) is 18.2 Å². The van der Waals surface area contributed by atoms with Crippen LogP contribution in [0.4, 0.5) is 20.2 Å². The highest BCUT2D eigenvalue weighted by Gasteiger charge is 2.39. The Hall–Kier alpha value is -3.71. The van der Waals surface area contributed by atoms with Crippen LogP contribution in [0, 0.1) is 17.0 Å². The maximum atomic E-state index is 13.9. The zero-order chi connectivity index (χ0) is 30.8. The fourth-order valence-electron chi connectivity index (χ4n) is 4.89.